The van der Waals surface area contributed by atoms with Crippen molar-refractivity contribution in [3.05, 3.63) is 22.3 Å². The van der Waals surface area contributed by atoms with Crippen LogP contribution in [0.25, 0.3) is 0 Å². The molecule has 0 radical (unpaired) electrons. The Morgan fingerprint density at radius 2 is 1.32 bits per heavy atom. The fourth-order valence-corrected chi connectivity index (χ4v) is 5.24. The van der Waals surface area contributed by atoms with Crippen molar-refractivity contribution in [1.29, 1.82) is 0 Å². The van der Waals surface area contributed by atoms with Crippen LogP contribution in [0, 0.1) is 22.7 Å². The van der Waals surface area contributed by atoms with Gasteiger partial charge in [-0.05, 0) is 59.5 Å². The predicted molar refractivity (Wildman–Crippen MR) is 96.9 cm³/mol. The molecule has 2 fully saturated rings. The Hall–Kier alpha value is -0.520. The van der Waals surface area contributed by atoms with Crippen LogP contribution < -0.4 is 0 Å². The van der Waals surface area contributed by atoms with E-state index in [4.69, 9.17) is 0 Å². The van der Waals surface area contributed by atoms with Gasteiger partial charge in [0.05, 0.1) is 0 Å². The third-order valence-electron chi connectivity index (χ3n) is 6.42. The molecule has 0 aromatic rings. The van der Waals surface area contributed by atoms with Crippen LogP contribution in [-0.2, 0) is 0 Å². The first-order chi connectivity index (χ1) is 10.2. The zero-order chi connectivity index (χ0) is 16.1. The Balaban J connectivity index is 2.05. The molecule has 0 saturated heterocycles. The van der Waals surface area contributed by atoms with E-state index < -0.39 is 0 Å². The molecule has 22 heavy (non-hydrogen) atoms. The molecule has 0 nitrogen and oxygen atoms in total. The maximum atomic E-state index is 2.44. The molecule has 0 heterocycles. The minimum Gasteiger partial charge on any atom is -0.0572 e. The highest BCUT2D eigenvalue weighted by atomic mass is 14.5. The van der Waals surface area contributed by atoms with E-state index in [0.717, 1.165) is 11.8 Å². The molecule has 0 amide bonds. The number of allylic oxidation sites excluding steroid dienone is 4. The molecule has 2 saturated carbocycles. The van der Waals surface area contributed by atoms with E-state index in [1.54, 1.807) is 11.1 Å². The lowest BCUT2D eigenvalue weighted by Crippen LogP contribution is -2.18. The topological polar surface area (TPSA) is 0 Å². The minimum absolute atomic E-state index is 0.338. The number of hydrogen-bond acceptors (Lipinski definition) is 0. The molecule has 3 aliphatic rings. The van der Waals surface area contributed by atoms with Gasteiger partial charge in [0.1, 0.15) is 0 Å². The van der Waals surface area contributed by atoms with Crippen molar-refractivity contribution >= 4 is 0 Å². The largest absolute Gasteiger partial charge is 0.0572 e. The Bertz CT molecular complexity index is 501. The van der Waals surface area contributed by atoms with Crippen LogP contribution in [0.3, 0.4) is 0 Å². The lowest BCUT2D eigenvalue weighted by atomic mass is 9.75. The second kappa shape index (κ2) is 5.53. The van der Waals surface area contributed by atoms with Crippen LogP contribution in [0.4, 0.5) is 0 Å². The summed E-state index contributed by atoms with van der Waals surface area (Å²) in [6, 6.07) is 0. The van der Waals surface area contributed by atoms with E-state index in [9.17, 15) is 0 Å². The zero-order valence-electron chi connectivity index (χ0n) is 15.8. The maximum Gasteiger partial charge on any atom is -0.00860 e. The predicted octanol–water partition coefficient (Wildman–Crippen LogP) is 7.07. The van der Waals surface area contributed by atoms with Gasteiger partial charge in [0.15, 0.2) is 0 Å². The molecule has 0 bridgehead atoms. The fraction of sp³-hybridized carbons (Fsp3) is 0.818. The van der Waals surface area contributed by atoms with Crippen molar-refractivity contribution in [3.63, 3.8) is 0 Å². The van der Waals surface area contributed by atoms with Crippen molar-refractivity contribution < 1.29 is 0 Å². The highest BCUT2D eigenvalue weighted by Crippen LogP contribution is 2.58. The summed E-state index contributed by atoms with van der Waals surface area (Å²) in [5, 5.41) is 0. The van der Waals surface area contributed by atoms with Gasteiger partial charge in [-0.3, -0.25) is 0 Å². The summed E-state index contributed by atoms with van der Waals surface area (Å²) < 4.78 is 0. The zero-order valence-corrected chi connectivity index (χ0v) is 15.8. The van der Waals surface area contributed by atoms with Crippen molar-refractivity contribution in [2.75, 3.05) is 0 Å². The second-order valence-electron chi connectivity index (χ2n) is 10.1. The summed E-state index contributed by atoms with van der Waals surface area (Å²) in [5.41, 5.74) is 7.91. The minimum atomic E-state index is 0.338. The highest BCUT2D eigenvalue weighted by molar-refractivity contribution is 5.55. The molecule has 0 spiro atoms. The van der Waals surface area contributed by atoms with Crippen molar-refractivity contribution in [1.82, 2.24) is 0 Å². The van der Waals surface area contributed by atoms with Crippen LogP contribution in [0.2, 0.25) is 0 Å². The van der Waals surface area contributed by atoms with Gasteiger partial charge < -0.3 is 0 Å². The SMILES string of the molecule is CC(C)(C)C1=C2CC3CCCCCCC3C2=C(C(C)(C)C)C1. The van der Waals surface area contributed by atoms with E-state index in [1.807, 2.05) is 11.1 Å². The molecule has 0 aliphatic heterocycles. The Morgan fingerprint density at radius 1 is 0.727 bits per heavy atom. The first-order valence-corrected chi connectivity index (χ1v) is 9.66. The molecule has 0 N–H and O–H groups in total. The second-order valence-corrected chi connectivity index (χ2v) is 10.1. The molecule has 3 aliphatic carbocycles. The first-order valence-electron chi connectivity index (χ1n) is 9.66. The Morgan fingerprint density at radius 3 is 1.91 bits per heavy atom. The number of hydrogen-bond donors (Lipinski definition) is 0. The van der Waals surface area contributed by atoms with Gasteiger partial charge in [0.2, 0.25) is 0 Å². The highest BCUT2D eigenvalue weighted by Gasteiger charge is 2.44. The van der Waals surface area contributed by atoms with E-state index >= 15 is 0 Å². The van der Waals surface area contributed by atoms with E-state index in [2.05, 4.69) is 41.5 Å². The normalized spacial score (nSPS) is 30.3. The van der Waals surface area contributed by atoms with Gasteiger partial charge in [0.25, 0.3) is 0 Å². The van der Waals surface area contributed by atoms with Gasteiger partial charge >= 0.3 is 0 Å². The average Bonchev–Trinajstić information content (AvgIpc) is 2.84. The monoisotopic (exact) mass is 300 g/mol. The van der Waals surface area contributed by atoms with Crippen LogP contribution in [-0.4, -0.2) is 0 Å². The van der Waals surface area contributed by atoms with Crippen LogP contribution in [0.15, 0.2) is 22.3 Å². The van der Waals surface area contributed by atoms with Crippen molar-refractivity contribution in [3.8, 4) is 0 Å². The first kappa shape index (κ1) is 16.3. The standard InChI is InChI=1S/C22H36/c1-21(2,3)18-14-19(22(4,5)6)20-16-12-10-8-7-9-11-15(16)13-17(18)20/h15-16H,7-14H2,1-6H3. The van der Waals surface area contributed by atoms with Gasteiger partial charge in [-0.25, -0.2) is 0 Å². The third-order valence-corrected chi connectivity index (χ3v) is 6.42. The Labute approximate surface area is 138 Å². The Kier molecular flexibility index (Phi) is 4.11. The quantitative estimate of drug-likeness (QED) is 0.449. The summed E-state index contributed by atoms with van der Waals surface area (Å²) in [6.07, 6.45) is 11.5. The summed E-state index contributed by atoms with van der Waals surface area (Å²) in [5.74, 6) is 1.85. The van der Waals surface area contributed by atoms with Gasteiger partial charge in [-0.1, -0.05) is 78.4 Å². The van der Waals surface area contributed by atoms with Crippen LogP contribution >= 0.6 is 0 Å². The smallest absolute Gasteiger partial charge is 0.00860 e. The summed E-state index contributed by atoms with van der Waals surface area (Å²) in [7, 11) is 0. The molecule has 124 valence electrons. The van der Waals surface area contributed by atoms with Gasteiger partial charge in [-0.15, -0.1) is 0 Å². The molecule has 3 rings (SSSR count). The average molecular weight is 301 g/mol. The molecular formula is C22H36. The van der Waals surface area contributed by atoms with E-state index in [-0.39, 0.29) is 0 Å². The maximum absolute atomic E-state index is 2.44. The van der Waals surface area contributed by atoms with E-state index in [0.29, 0.717) is 10.8 Å². The molecule has 0 aromatic heterocycles. The summed E-state index contributed by atoms with van der Waals surface area (Å²) in [4.78, 5) is 0. The van der Waals surface area contributed by atoms with Crippen molar-refractivity contribution in [2.45, 2.75) is 92.9 Å². The lowest BCUT2D eigenvalue weighted by Gasteiger charge is -2.30. The summed E-state index contributed by atoms with van der Waals surface area (Å²) in [6.45, 7) is 14.6. The van der Waals surface area contributed by atoms with Gasteiger partial charge in [-0.2, -0.15) is 0 Å². The summed E-state index contributed by atoms with van der Waals surface area (Å²) >= 11 is 0. The molecule has 2 atom stereocenters. The van der Waals surface area contributed by atoms with Gasteiger partial charge in [0, 0.05) is 0 Å². The van der Waals surface area contributed by atoms with Crippen LogP contribution in [0.5, 0.6) is 0 Å². The fourth-order valence-electron chi connectivity index (χ4n) is 5.24. The molecule has 2 unspecified atom stereocenters. The molecular weight excluding hydrogens is 264 g/mol. The lowest BCUT2D eigenvalue weighted by molar-refractivity contribution is 0.321. The molecule has 0 aromatic carbocycles. The molecule has 0 heteroatoms. The van der Waals surface area contributed by atoms with E-state index in [1.165, 1.54) is 51.4 Å². The number of rotatable bonds is 0. The number of fused-ring (bicyclic) bond motifs is 3. The van der Waals surface area contributed by atoms with Crippen LogP contribution in [0.1, 0.15) is 92.9 Å². The van der Waals surface area contributed by atoms with Crippen molar-refractivity contribution in [2.24, 2.45) is 22.7 Å². The third kappa shape index (κ3) is 2.83.